The molecule has 0 aliphatic carbocycles. The van der Waals surface area contributed by atoms with Crippen molar-refractivity contribution in [3.05, 3.63) is 53.1 Å². The van der Waals surface area contributed by atoms with E-state index in [-0.39, 0.29) is 10.8 Å². The molecule has 0 saturated heterocycles. The Balaban J connectivity index is 2.59. The quantitative estimate of drug-likeness (QED) is 0.503. The van der Waals surface area contributed by atoms with Crippen LogP contribution in [0.3, 0.4) is 0 Å². The Morgan fingerprint density at radius 1 is 0.900 bits per heavy atom. The molecule has 2 aromatic carbocycles. The highest BCUT2D eigenvalue weighted by atomic mass is 16.3. The molecule has 0 spiro atoms. The van der Waals surface area contributed by atoms with Gasteiger partial charge in [-0.1, -0.05) is 61.5 Å². The summed E-state index contributed by atoms with van der Waals surface area (Å²) in [5, 5.41) is 11.3. The highest BCUT2D eigenvalue weighted by Gasteiger charge is 2.26. The summed E-state index contributed by atoms with van der Waals surface area (Å²) in [5.41, 5.74) is 11.0. The van der Waals surface area contributed by atoms with Crippen LogP contribution >= 0.6 is 0 Å². The maximum Gasteiger partial charge on any atom is 0.124 e. The molecule has 0 aromatic heterocycles. The van der Waals surface area contributed by atoms with Crippen molar-refractivity contribution in [3.63, 3.8) is 0 Å². The van der Waals surface area contributed by atoms with Gasteiger partial charge in [0.05, 0.1) is 0 Å². The predicted octanol–water partition coefficient (Wildman–Crippen LogP) is 7.01. The second-order valence-electron chi connectivity index (χ2n) is 11.2. The highest BCUT2D eigenvalue weighted by molar-refractivity contribution is 5.56. The summed E-state index contributed by atoms with van der Waals surface area (Å²) in [5.74, 6) is 1.02. The molecule has 2 rings (SSSR count). The lowest BCUT2D eigenvalue weighted by Gasteiger charge is -2.34. The molecule has 0 bridgehead atoms. The Bertz CT molecular complexity index is 839. The molecule has 0 amide bonds. The Hall–Kier alpha value is -2.16. The molecule has 0 saturated carbocycles. The number of hydrogen-bond donors (Lipinski definition) is 2. The van der Waals surface area contributed by atoms with Gasteiger partial charge in [-0.05, 0) is 71.6 Å². The molecule has 2 aromatic rings. The fraction of sp³-hybridized carbons (Fsp3) is 0.556. The number of hydrogen-bond acceptors (Lipinski definition) is 3. The number of phenols is 1. The van der Waals surface area contributed by atoms with Crippen LogP contribution in [0.25, 0.3) is 0 Å². The maximum absolute atomic E-state index is 11.3. The van der Waals surface area contributed by atoms with Crippen LogP contribution in [0, 0.1) is 5.92 Å². The Labute approximate surface area is 184 Å². The molecule has 0 fully saturated rings. The number of nitrogens with zero attached hydrogens (tertiary/aromatic N) is 1. The molecule has 3 heteroatoms. The molecule has 3 nitrogen and oxygen atoms in total. The number of phenolic OH excluding ortho intramolecular Hbond substituents is 1. The van der Waals surface area contributed by atoms with Gasteiger partial charge in [-0.2, -0.15) is 0 Å². The van der Waals surface area contributed by atoms with Gasteiger partial charge in [0.25, 0.3) is 0 Å². The number of benzene rings is 2. The van der Waals surface area contributed by atoms with Crippen LogP contribution in [-0.2, 0) is 17.4 Å². The van der Waals surface area contributed by atoms with Gasteiger partial charge in [0.2, 0.25) is 0 Å². The summed E-state index contributed by atoms with van der Waals surface area (Å²) >= 11 is 0. The van der Waals surface area contributed by atoms with Crippen LogP contribution in [0.4, 0.5) is 11.4 Å². The summed E-state index contributed by atoms with van der Waals surface area (Å²) in [6, 6.07) is 12.8. The van der Waals surface area contributed by atoms with Crippen LogP contribution in [0.2, 0.25) is 0 Å². The summed E-state index contributed by atoms with van der Waals surface area (Å²) in [6.45, 7) is 20.6. The average molecular weight is 411 g/mol. The second-order valence-corrected chi connectivity index (χ2v) is 11.2. The third kappa shape index (κ3) is 5.93. The van der Waals surface area contributed by atoms with Gasteiger partial charge in [0.15, 0.2) is 0 Å². The standard InChI is InChI=1S/C27H42N2O/c1-18(2)14-19(3)29(23-12-10-22(28)11-13-23)17-20-15-21(26(4,5)6)16-24(25(20)30)27(7,8)9/h10-13,15-16,18-19,30H,14,17,28H2,1-9H3. The first-order valence-corrected chi connectivity index (χ1v) is 11.2. The molecule has 0 heterocycles. The smallest absolute Gasteiger partial charge is 0.124 e. The van der Waals surface area contributed by atoms with Crippen molar-refractivity contribution in [3.8, 4) is 5.75 Å². The van der Waals surface area contributed by atoms with Gasteiger partial charge in [-0.15, -0.1) is 0 Å². The molecular formula is C27H42N2O. The van der Waals surface area contributed by atoms with Gasteiger partial charge in [0.1, 0.15) is 5.75 Å². The van der Waals surface area contributed by atoms with Gasteiger partial charge in [-0.3, -0.25) is 0 Å². The van der Waals surface area contributed by atoms with Crippen molar-refractivity contribution in [1.29, 1.82) is 0 Å². The monoisotopic (exact) mass is 410 g/mol. The molecule has 0 aliphatic heterocycles. The summed E-state index contributed by atoms with van der Waals surface area (Å²) in [6.07, 6.45) is 1.08. The first kappa shape index (κ1) is 24.1. The minimum Gasteiger partial charge on any atom is -0.507 e. The van der Waals surface area contributed by atoms with Crippen molar-refractivity contribution < 1.29 is 5.11 Å². The third-order valence-electron chi connectivity index (χ3n) is 5.77. The molecule has 1 unspecified atom stereocenters. The van der Waals surface area contributed by atoms with Gasteiger partial charge < -0.3 is 15.7 Å². The number of nitrogens with two attached hydrogens (primary N) is 1. The number of rotatable bonds is 6. The highest BCUT2D eigenvalue weighted by Crippen LogP contribution is 2.39. The van der Waals surface area contributed by atoms with Crippen molar-refractivity contribution in [2.75, 3.05) is 10.6 Å². The van der Waals surface area contributed by atoms with E-state index in [1.54, 1.807) is 0 Å². The van der Waals surface area contributed by atoms with E-state index in [1.165, 1.54) is 5.56 Å². The molecule has 0 radical (unpaired) electrons. The lowest BCUT2D eigenvalue weighted by Crippen LogP contribution is -2.34. The number of aromatic hydroxyl groups is 1. The van der Waals surface area contributed by atoms with Gasteiger partial charge >= 0.3 is 0 Å². The van der Waals surface area contributed by atoms with E-state index in [0.29, 0.717) is 24.3 Å². The van der Waals surface area contributed by atoms with Crippen molar-refractivity contribution in [2.45, 2.75) is 92.2 Å². The summed E-state index contributed by atoms with van der Waals surface area (Å²) < 4.78 is 0. The zero-order valence-electron chi connectivity index (χ0n) is 20.5. The number of anilines is 2. The third-order valence-corrected chi connectivity index (χ3v) is 5.77. The van der Waals surface area contributed by atoms with E-state index < -0.39 is 0 Å². The maximum atomic E-state index is 11.3. The van der Waals surface area contributed by atoms with E-state index in [1.807, 2.05) is 12.1 Å². The van der Waals surface area contributed by atoms with E-state index in [9.17, 15) is 5.11 Å². The van der Waals surface area contributed by atoms with Gasteiger partial charge in [0, 0.05) is 29.5 Å². The second kappa shape index (κ2) is 8.91. The van der Waals surface area contributed by atoms with Crippen LogP contribution in [0.15, 0.2) is 36.4 Å². The fourth-order valence-electron chi connectivity index (χ4n) is 3.98. The Morgan fingerprint density at radius 3 is 1.93 bits per heavy atom. The molecule has 166 valence electrons. The lowest BCUT2D eigenvalue weighted by atomic mass is 9.79. The largest absolute Gasteiger partial charge is 0.507 e. The van der Waals surface area contributed by atoms with Crippen LogP contribution in [0.1, 0.15) is 85.4 Å². The van der Waals surface area contributed by atoms with E-state index in [2.05, 4.69) is 91.5 Å². The minimum atomic E-state index is -0.129. The Morgan fingerprint density at radius 2 is 1.47 bits per heavy atom. The normalized spacial score (nSPS) is 13.5. The van der Waals surface area contributed by atoms with E-state index in [0.717, 1.165) is 28.9 Å². The minimum absolute atomic E-state index is 0.0119. The van der Waals surface area contributed by atoms with Crippen LogP contribution in [-0.4, -0.2) is 11.1 Å². The average Bonchev–Trinajstić information content (AvgIpc) is 2.59. The molecule has 0 aliphatic rings. The summed E-state index contributed by atoms with van der Waals surface area (Å²) in [4.78, 5) is 2.40. The van der Waals surface area contributed by atoms with Crippen LogP contribution < -0.4 is 10.6 Å². The topological polar surface area (TPSA) is 49.5 Å². The first-order valence-electron chi connectivity index (χ1n) is 11.2. The summed E-state index contributed by atoms with van der Waals surface area (Å²) in [7, 11) is 0. The number of nitrogen functional groups attached to an aromatic ring is 1. The SMILES string of the molecule is CC(C)CC(C)N(Cc1cc(C(C)(C)C)cc(C(C)(C)C)c1O)c1ccc(N)cc1. The van der Waals surface area contributed by atoms with E-state index >= 15 is 0 Å². The van der Waals surface area contributed by atoms with Crippen molar-refractivity contribution in [2.24, 2.45) is 5.92 Å². The molecule has 1 atom stereocenters. The van der Waals surface area contributed by atoms with Crippen molar-refractivity contribution >= 4 is 11.4 Å². The van der Waals surface area contributed by atoms with Crippen molar-refractivity contribution in [1.82, 2.24) is 0 Å². The van der Waals surface area contributed by atoms with Crippen LogP contribution in [0.5, 0.6) is 5.75 Å². The zero-order valence-corrected chi connectivity index (χ0v) is 20.5. The fourth-order valence-corrected chi connectivity index (χ4v) is 3.98. The molecule has 30 heavy (non-hydrogen) atoms. The lowest BCUT2D eigenvalue weighted by molar-refractivity contribution is 0.432. The predicted molar refractivity (Wildman–Crippen MR) is 131 cm³/mol. The van der Waals surface area contributed by atoms with Gasteiger partial charge in [-0.25, -0.2) is 0 Å². The molecule has 3 N–H and O–H groups in total. The Kier molecular flexibility index (Phi) is 7.16. The van der Waals surface area contributed by atoms with E-state index in [4.69, 9.17) is 5.73 Å². The zero-order chi connectivity index (χ0) is 22.9. The first-order chi connectivity index (χ1) is 13.7. The molecular weight excluding hydrogens is 368 g/mol.